The zero-order valence-corrected chi connectivity index (χ0v) is 30.5. The number of fused-ring (bicyclic) bond motifs is 14. The van der Waals surface area contributed by atoms with Crippen LogP contribution in [0.2, 0.25) is 0 Å². The van der Waals surface area contributed by atoms with E-state index in [9.17, 15) is 0 Å². The summed E-state index contributed by atoms with van der Waals surface area (Å²) in [6.45, 7) is 0. The Morgan fingerprint density at radius 3 is 1.37 bits per heavy atom. The van der Waals surface area contributed by atoms with Gasteiger partial charge in [-0.15, -0.1) is 0 Å². The molecule has 0 amide bonds. The molecule has 0 saturated heterocycles. The molecule has 0 aliphatic rings. The Morgan fingerprint density at radius 1 is 0.246 bits per heavy atom. The molecular formula is C54H30O3. The van der Waals surface area contributed by atoms with Crippen molar-refractivity contribution < 1.29 is 13.3 Å². The molecule has 0 spiro atoms. The van der Waals surface area contributed by atoms with Gasteiger partial charge in [0.1, 0.15) is 22.3 Å². The summed E-state index contributed by atoms with van der Waals surface area (Å²) in [6.07, 6.45) is 0. The normalized spacial score (nSPS) is 12.2. The smallest absolute Gasteiger partial charge is 0.178 e. The molecule has 3 heteroatoms. The van der Waals surface area contributed by atoms with Gasteiger partial charge in [0.25, 0.3) is 0 Å². The Hall–Kier alpha value is -7.62. The Bertz CT molecular complexity index is 3740. The first-order chi connectivity index (χ1) is 28.3. The minimum atomic E-state index is 0.788. The lowest BCUT2D eigenvalue weighted by Gasteiger charge is -2.18. The summed E-state index contributed by atoms with van der Waals surface area (Å²) in [6, 6.07) is 65.0. The van der Waals surface area contributed by atoms with Crippen LogP contribution in [-0.2, 0) is 0 Å². The molecule has 13 rings (SSSR count). The number of para-hydroxylation sites is 2. The Morgan fingerprint density at radius 2 is 0.684 bits per heavy atom. The highest BCUT2D eigenvalue weighted by molar-refractivity contribution is 6.27. The van der Waals surface area contributed by atoms with E-state index in [1.807, 2.05) is 24.3 Å². The standard InChI is InChI=1S/C54H30O3/c1-2-14-38-34(11-1)45(30-49-52(38)44-28-27-43-36-13-8-10-20-47(36)56-53(43)54(44)57-49)31-21-23-32(24-22-31)50-39-15-3-5-17-41(39)51(42-18-6-4-16-40(42)50)33-25-26-37-35-12-7-9-19-46(35)55-48(37)29-33/h1-30H. The van der Waals surface area contributed by atoms with Crippen LogP contribution in [0.4, 0.5) is 0 Å². The third-order valence-corrected chi connectivity index (χ3v) is 12.1. The van der Waals surface area contributed by atoms with Crippen molar-refractivity contribution in [2.45, 2.75) is 0 Å². The van der Waals surface area contributed by atoms with E-state index in [4.69, 9.17) is 13.3 Å². The molecule has 0 N–H and O–H groups in total. The molecule has 10 aromatic carbocycles. The van der Waals surface area contributed by atoms with Crippen LogP contribution in [0.5, 0.6) is 0 Å². The molecule has 3 aromatic heterocycles. The number of rotatable bonds is 3. The fourth-order valence-corrected chi connectivity index (χ4v) is 9.57. The van der Waals surface area contributed by atoms with Gasteiger partial charge in [-0.1, -0.05) is 140 Å². The second-order valence-electron chi connectivity index (χ2n) is 15.1. The maximum Gasteiger partial charge on any atom is 0.178 e. The number of hydrogen-bond acceptors (Lipinski definition) is 3. The first-order valence-corrected chi connectivity index (χ1v) is 19.4. The molecule has 0 atom stereocenters. The average Bonchev–Trinajstić information content (AvgIpc) is 3.96. The fraction of sp³-hybridized carbons (Fsp3) is 0. The highest BCUT2D eigenvalue weighted by atomic mass is 16.4. The predicted octanol–water partition coefficient (Wildman–Crippen LogP) is 15.8. The van der Waals surface area contributed by atoms with Crippen LogP contribution in [0.25, 0.3) is 132 Å². The van der Waals surface area contributed by atoms with Gasteiger partial charge in [0.2, 0.25) is 0 Å². The molecule has 0 saturated carbocycles. The van der Waals surface area contributed by atoms with Crippen molar-refractivity contribution in [1.29, 1.82) is 0 Å². The van der Waals surface area contributed by atoms with Gasteiger partial charge in [-0.25, -0.2) is 0 Å². The van der Waals surface area contributed by atoms with Gasteiger partial charge in [0.05, 0.1) is 0 Å². The van der Waals surface area contributed by atoms with E-state index in [-0.39, 0.29) is 0 Å². The Balaban J connectivity index is 0.988. The van der Waals surface area contributed by atoms with Gasteiger partial charge < -0.3 is 13.3 Å². The molecule has 0 aliphatic carbocycles. The summed E-state index contributed by atoms with van der Waals surface area (Å²) in [5.41, 5.74) is 12.1. The van der Waals surface area contributed by atoms with Crippen LogP contribution in [-0.4, -0.2) is 0 Å². The van der Waals surface area contributed by atoms with Crippen LogP contribution in [0.15, 0.2) is 195 Å². The van der Waals surface area contributed by atoms with E-state index in [0.29, 0.717) is 0 Å². The van der Waals surface area contributed by atoms with Crippen LogP contribution in [0.1, 0.15) is 0 Å². The lowest BCUT2D eigenvalue weighted by Crippen LogP contribution is -1.91. The third-order valence-electron chi connectivity index (χ3n) is 12.1. The van der Waals surface area contributed by atoms with Gasteiger partial charge in [0.15, 0.2) is 11.2 Å². The second-order valence-corrected chi connectivity index (χ2v) is 15.1. The van der Waals surface area contributed by atoms with Gasteiger partial charge in [-0.3, -0.25) is 0 Å². The van der Waals surface area contributed by atoms with Crippen LogP contribution in [0.3, 0.4) is 0 Å². The molecule has 3 nitrogen and oxygen atoms in total. The number of hydrogen-bond donors (Lipinski definition) is 0. The van der Waals surface area contributed by atoms with Crippen molar-refractivity contribution in [2.24, 2.45) is 0 Å². The summed E-state index contributed by atoms with van der Waals surface area (Å²) in [5.74, 6) is 0. The van der Waals surface area contributed by atoms with E-state index >= 15 is 0 Å². The van der Waals surface area contributed by atoms with Gasteiger partial charge in [-0.2, -0.15) is 0 Å². The van der Waals surface area contributed by atoms with Crippen LogP contribution >= 0.6 is 0 Å². The summed E-state index contributed by atoms with van der Waals surface area (Å²) in [5, 5.41) is 13.8. The third kappa shape index (κ3) is 4.31. The molecule has 0 aliphatic heterocycles. The van der Waals surface area contributed by atoms with Gasteiger partial charge in [-0.05, 0) is 108 Å². The minimum absolute atomic E-state index is 0.788. The van der Waals surface area contributed by atoms with Crippen LogP contribution in [0, 0.1) is 0 Å². The first-order valence-electron chi connectivity index (χ1n) is 19.4. The molecule has 0 fully saturated rings. The average molecular weight is 727 g/mol. The largest absolute Gasteiger partial charge is 0.456 e. The lowest BCUT2D eigenvalue weighted by molar-refractivity contribution is 0.633. The predicted molar refractivity (Wildman–Crippen MR) is 237 cm³/mol. The molecule has 0 radical (unpaired) electrons. The van der Waals surface area contributed by atoms with Crippen molar-refractivity contribution in [3.63, 3.8) is 0 Å². The zero-order valence-electron chi connectivity index (χ0n) is 30.5. The van der Waals surface area contributed by atoms with Crippen LogP contribution < -0.4 is 0 Å². The maximum absolute atomic E-state index is 6.74. The Kier molecular flexibility index (Phi) is 6.16. The van der Waals surface area contributed by atoms with Crippen molar-refractivity contribution >= 4 is 98.1 Å². The van der Waals surface area contributed by atoms with Crippen molar-refractivity contribution in [2.75, 3.05) is 0 Å². The number of benzene rings is 10. The summed E-state index contributed by atoms with van der Waals surface area (Å²) >= 11 is 0. The monoisotopic (exact) mass is 726 g/mol. The molecule has 0 bridgehead atoms. The molecular weight excluding hydrogens is 697 g/mol. The zero-order chi connectivity index (χ0) is 37.2. The highest BCUT2D eigenvalue weighted by Crippen LogP contribution is 2.47. The van der Waals surface area contributed by atoms with E-state index in [2.05, 4.69) is 158 Å². The van der Waals surface area contributed by atoms with Gasteiger partial charge in [0, 0.05) is 32.3 Å². The molecule has 0 unspecified atom stereocenters. The summed E-state index contributed by atoms with van der Waals surface area (Å²) < 4.78 is 19.5. The molecule has 3 heterocycles. The van der Waals surface area contributed by atoms with E-state index in [0.717, 1.165) is 87.9 Å². The van der Waals surface area contributed by atoms with Crippen molar-refractivity contribution in [1.82, 2.24) is 0 Å². The van der Waals surface area contributed by atoms with Crippen molar-refractivity contribution in [3.8, 4) is 33.4 Å². The molecule has 264 valence electrons. The Labute approximate surface area is 325 Å². The van der Waals surface area contributed by atoms with E-state index in [1.54, 1.807) is 0 Å². The molecule has 13 aromatic rings. The summed E-state index contributed by atoms with van der Waals surface area (Å²) in [7, 11) is 0. The van der Waals surface area contributed by atoms with E-state index in [1.165, 1.54) is 43.6 Å². The second kappa shape index (κ2) is 11.5. The number of furan rings is 3. The fourth-order valence-electron chi connectivity index (χ4n) is 9.57. The maximum atomic E-state index is 6.74. The molecule has 57 heavy (non-hydrogen) atoms. The lowest BCUT2D eigenvalue weighted by atomic mass is 9.85. The summed E-state index contributed by atoms with van der Waals surface area (Å²) in [4.78, 5) is 0. The quantitative estimate of drug-likeness (QED) is 0.170. The highest BCUT2D eigenvalue weighted by Gasteiger charge is 2.21. The van der Waals surface area contributed by atoms with E-state index < -0.39 is 0 Å². The van der Waals surface area contributed by atoms with Gasteiger partial charge >= 0.3 is 0 Å². The topological polar surface area (TPSA) is 39.4 Å². The van der Waals surface area contributed by atoms with Crippen molar-refractivity contribution in [3.05, 3.63) is 182 Å². The minimum Gasteiger partial charge on any atom is -0.456 e. The first kappa shape index (κ1) is 30.7. The SMILES string of the molecule is c1ccc2c(c1)oc1cc(-c3c4ccccc4c(-c4ccc(-c5cc6oc7c(ccc8c9ccccc9oc87)c6c6ccccc56)cc4)c4ccccc34)ccc12.